The number of aromatic hydroxyl groups is 1. The zero-order chi connectivity index (χ0) is 20.5. The Bertz CT molecular complexity index is 805. The maximum absolute atomic E-state index is 12.8. The van der Waals surface area contributed by atoms with Crippen LogP contribution in [0.15, 0.2) is 54.6 Å². The van der Waals surface area contributed by atoms with E-state index in [2.05, 4.69) is 10.6 Å². The SMILES string of the molecule is COC(=O)[C@H](Cc1ccc(O)cc1)NC(=O)[C@H](Cc1ccccc1)NC(C)=O. The van der Waals surface area contributed by atoms with Crippen LogP contribution >= 0.6 is 0 Å². The van der Waals surface area contributed by atoms with Crippen molar-refractivity contribution in [3.63, 3.8) is 0 Å². The lowest BCUT2D eigenvalue weighted by Gasteiger charge is -2.22. The third-order valence-electron chi connectivity index (χ3n) is 4.15. The number of hydrogen-bond acceptors (Lipinski definition) is 5. The lowest BCUT2D eigenvalue weighted by atomic mass is 10.0. The van der Waals surface area contributed by atoms with E-state index in [0.717, 1.165) is 11.1 Å². The molecule has 0 radical (unpaired) electrons. The molecule has 0 fully saturated rings. The summed E-state index contributed by atoms with van der Waals surface area (Å²) in [6.45, 7) is 1.33. The average molecular weight is 384 g/mol. The fraction of sp³-hybridized carbons (Fsp3) is 0.286. The Labute approximate surface area is 163 Å². The average Bonchev–Trinajstić information content (AvgIpc) is 2.68. The first-order chi connectivity index (χ1) is 13.4. The number of benzene rings is 2. The predicted molar refractivity (Wildman–Crippen MR) is 104 cm³/mol. The fourth-order valence-corrected chi connectivity index (χ4v) is 2.78. The zero-order valence-electron chi connectivity index (χ0n) is 15.8. The van der Waals surface area contributed by atoms with Gasteiger partial charge in [0, 0.05) is 19.8 Å². The van der Waals surface area contributed by atoms with E-state index in [9.17, 15) is 19.5 Å². The van der Waals surface area contributed by atoms with Crippen molar-refractivity contribution < 1.29 is 24.2 Å². The Hall–Kier alpha value is -3.35. The molecule has 0 aromatic heterocycles. The number of hydrogen-bond donors (Lipinski definition) is 3. The van der Waals surface area contributed by atoms with Crippen molar-refractivity contribution in [1.29, 1.82) is 0 Å². The Morgan fingerprint density at radius 1 is 0.893 bits per heavy atom. The lowest BCUT2D eigenvalue weighted by Crippen LogP contribution is -2.53. The number of nitrogens with one attached hydrogen (secondary N) is 2. The van der Waals surface area contributed by atoms with Gasteiger partial charge in [-0.15, -0.1) is 0 Å². The molecule has 2 aromatic rings. The number of carbonyl (C=O) groups is 3. The van der Waals surface area contributed by atoms with Gasteiger partial charge in [-0.2, -0.15) is 0 Å². The number of phenolic OH excluding ortho intramolecular Hbond substituents is 1. The molecule has 0 unspecified atom stereocenters. The standard InChI is InChI=1S/C21H24N2O5/c1-14(24)22-18(12-15-6-4-3-5-7-15)20(26)23-19(21(27)28-2)13-16-8-10-17(25)11-9-16/h3-11,18-19,25H,12-13H2,1-2H3,(H,22,24)(H,23,26)/t18-,19-/m0/s1. The fourth-order valence-electron chi connectivity index (χ4n) is 2.78. The summed E-state index contributed by atoms with van der Waals surface area (Å²) in [5, 5.41) is 14.7. The summed E-state index contributed by atoms with van der Waals surface area (Å²) in [6, 6.07) is 13.8. The summed E-state index contributed by atoms with van der Waals surface area (Å²) in [5.74, 6) is -1.31. The van der Waals surface area contributed by atoms with E-state index >= 15 is 0 Å². The molecular formula is C21H24N2O5. The normalized spacial score (nSPS) is 12.5. The van der Waals surface area contributed by atoms with Crippen LogP contribution in [0.5, 0.6) is 5.75 Å². The molecule has 2 rings (SSSR count). The van der Waals surface area contributed by atoms with Crippen molar-refractivity contribution in [2.24, 2.45) is 0 Å². The molecule has 2 atom stereocenters. The number of esters is 1. The molecule has 7 nitrogen and oxygen atoms in total. The molecule has 0 heterocycles. The number of rotatable bonds is 8. The molecule has 0 saturated heterocycles. The van der Waals surface area contributed by atoms with Gasteiger partial charge in [-0.05, 0) is 23.3 Å². The van der Waals surface area contributed by atoms with Gasteiger partial charge in [0.2, 0.25) is 11.8 Å². The van der Waals surface area contributed by atoms with E-state index in [1.165, 1.54) is 26.2 Å². The molecule has 0 aliphatic carbocycles. The second-order valence-electron chi connectivity index (χ2n) is 6.40. The molecule has 148 valence electrons. The summed E-state index contributed by atoms with van der Waals surface area (Å²) in [6.07, 6.45) is 0.482. The van der Waals surface area contributed by atoms with E-state index in [1.54, 1.807) is 12.1 Å². The molecule has 2 aromatic carbocycles. The molecule has 0 aliphatic heterocycles. The van der Waals surface area contributed by atoms with Gasteiger partial charge >= 0.3 is 5.97 Å². The van der Waals surface area contributed by atoms with Gasteiger partial charge in [0.15, 0.2) is 0 Å². The summed E-state index contributed by atoms with van der Waals surface area (Å²) < 4.78 is 4.80. The first-order valence-electron chi connectivity index (χ1n) is 8.86. The maximum atomic E-state index is 12.8. The summed E-state index contributed by atoms with van der Waals surface area (Å²) >= 11 is 0. The van der Waals surface area contributed by atoms with Gasteiger partial charge in [0.25, 0.3) is 0 Å². The van der Waals surface area contributed by atoms with Crippen molar-refractivity contribution in [1.82, 2.24) is 10.6 Å². The van der Waals surface area contributed by atoms with Crippen LogP contribution in [0.1, 0.15) is 18.1 Å². The highest BCUT2D eigenvalue weighted by molar-refractivity contribution is 5.90. The van der Waals surface area contributed by atoms with E-state index in [0.29, 0.717) is 6.42 Å². The van der Waals surface area contributed by atoms with E-state index < -0.39 is 24.0 Å². The highest BCUT2D eigenvalue weighted by Gasteiger charge is 2.27. The molecule has 2 amide bonds. The minimum absolute atomic E-state index is 0.107. The third kappa shape index (κ3) is 6.42. The lowest BCUT2D eigenvalue weighted by molar-refractivity contribution is -0.145. The van der Waals surface area contributed by atoms with Gasteiger partial charge in [-0.1, -0.05) is 42.5 Å². The summed E-state index contributed by atoms with van der Waals surface area (Å²) in [5.41, 5.74) is 1.62. The number of amides is 2. The van der Waals surface area contributed by atoms with Gasteiger partial charge in [-0.25, -0.2) is 4.79 Å². The highest BCUT2D eigenvalue weighted by atomic mass is 16.5. The first-order valence-corrected chi connectivity index (χ1v) is 8.86. The van der Waals surface area contributed by atoms with Gasteiger partial charge in [0.05, 0.1) is 7.11 Å². The molecule has 0 saturated carbocycles. The second kappa shape index (κ2) is 10.1. The maximum Gasteiger partial charge on any atom is 0.328 e. The van der Waals surface area contributed by atoms with Crippen LogP contribution in [0.3, 0.4) is 0 Å². The number of methoxy groups -OCH3 is 1. The minimum atomic E-state index is -0.922. The van der Waals surface area contributed by atoms with Crippen LogP contribution in [0.2, 0.25) is 0 Å². The number of carbonyl (C=O) groups excluding carboxylic acids is 3. The molecular weight excluding hydrogens is 360 g/mol. The smallest absolute Gasteiger partial charge is 0.328 e. The Morgan fingerprint density at radius 3 is 2.04 bits per heavy atom. The van der Waals surface area contributed by atoms with Crippen molar-refractivity contribution in [2.75, 3.05) is 7.11 Å². The first kappa shape index (κ1) is 21.0. The van der Waals surface area contributed by atoms with Crippen LogP contribution in [-0.4, -0.2) is 42.1 Å². The van der Waals surface area contributed by atoms with E-state index in [-0.39, 0.29) is 18.1 Å². The van der Waals surface area contributed by atoms with E-state index in [1.807, 2.05) is 30.3 Å². The topological polar surface area (TPSA) is 105 Å². The largest absolute Gasteiger partial charge is 0.508 e. The van der Waals surface area contributed by atoms with Crippen LogP contribution in [0.4, 0.5) is 0 Å². The van der Waals surface area contributed by atoms with Crippen molar-refractivity contribution >= 4 is 17.8 Å². The van der Waals surface area contributed by atoms with Crippen LogP contribution in [-0.2, 0) is 32.0 Å². The number of ether oxygens (including phenoxy) is 1. The molecule has 28 heavy (non-hydrogen) atoms. The molecule has 0 aliphatic rings. The van der Waals surface area contributed by atoms with Crippen molar-refractivity contribution in [3.8, 4) is 5.75 Å². The predicted octanol–water partition coefficient (Wildman–Crippen LogP) is 1.34. The van der Waals surface area contributed by atoms with Crippen molar-refractivity contribution in [2.45, 2.75) is 31.8 Å². The number of phenols is 1. The minimum Gasteiger partial charge on any atom is -0.508 e. The Kier molecular flexibility index (Phi) is 7.56. The third-order valence-corrected chi connectivity index (χ3v) is 4.15. The Balaban J connectivity index is 2.14. The summed E-state index contributed by atoms with van der Waals surface area (Å²) in [4.78, 5) is 36.5. The van der Waals surface area contributed by atoms with Gasteiger partial charge in [0.1, 0.15) is 17.8 Å². The molecule has 0 spiro atoms. The Morgan fingerprint density at radius 2 is 1.46 bits per heavy atom. The molecule has 0 bridgehead atoms. The molecule has 7 heteroatoms. The van der Waals surface area contributed by atoms with Crippen LogP contribution in [0, 0.1) is 0 Å². The van der Waals surface area contributed by atoms with Gasteiger partial charge < -0.3 is 20.5 Å². The van der Waals surface area contributed by atoms with Crippen LogP contribution < -0.4 is 10.6 Å². The van der Waals surface area contributed by atoms with Crippen molar-refractivity contribution in [3.05, 3.63) is 65.7 Å². The molecule has 3 N–H and O–H groups in total. The van der Waals surface area contributed by atoms with Gasteiger partial charge in [-0.3, -0.25) is 9.59 Å². The zero-order valence-corrected chi connectivity index (χ0v) is 15.8. The highest BCUT2D eigenvalue weighted by Crippen LogP contribution is 2.12. The van der Waals surface area contributed by atoms with E-state index in [4.69, 9.17) is 4.74 Å². The monoisotopic (exact) mass is 384 g/mol. The second-order valence-corrected chi connectivity index (χ2v) is 6.40. The van der Waals surface area contributed by atoms with Crippen LogP contribution in [0.25, 0.3) is 0 Å². The quantitative estimate of drug-likeness (QED) is 0.596. The summed E-state index contributed by atoms with van der Waals surface area (Å²) in [7, 11) is 1.24.